The Morgan fingerprint density at radius 2 is 2.16 bits per heavy atom. The average molecular weight is 262 g/mol. The summed E-state index contributed by atoms with van der Waals surface area (Å²) in [6, 6.07) is 7.08. The molecule has 0 radical (unpaired) electrons. The van der Waals surface area contributed by atoms with E-state index in [-0.39, 0.29) is 17.6 Å². The highest BCUT2D eigenvalue weighted by atomic mass is 19.1. The lowest BCUT2D eigenvalue weighted by Crippen LogP contribution is -2.07. The van der Waals surface area contributed by atoms with Gasteiger partial charge in [-0.1, -0.05) is 13.0 Å². The van der Waals surface area contributed by atoms with Crippen LogP contribution >= 0.6 is 0 Å². The van der Waals surface area contributed by atoms with Gasteiger partial charge in [0.1, 0.15) is 0 Å². The molecule has 0 saturated heterocycles. The predicted octanol–water partition coefficient (Wildman–Crippen LogP) is 3.09. The zero-order valence-corrected chi connectivity index (χ0v) is 11.3. The number of ether oxygens (including phenoxy) is 1. The Kier molecular flexibility index (Phi) is 4.22. The third-order valence-corrected chi connectivity index (χ3v) is 3.22. The summed E-state index contributed by atoms with van der Waals surface area (Å²) in [5.41, 5.74) is 7.97. The summed E-state index contributed by atoms with van der Waals surface area (Å²) in [6.07, 6.45) is 4.88. The van der Waals surface area contributed by atoms with Crippen LogP contribution in [0.4, 0.5) is 4.39 Å². The lowest BCUT2D eigenvalue weighted by molar-refractivity contribution is 0.386. The second kappa shape index (κ2) is 5.89. The van der Waals surface area contributed by atoms with Crippen molar-refractivity contribution in [3.8, 4) is 5.75 Å². The van der Waals surface area contributed by atoms with E-state index in [1.165, 1.54) is 13.2 Å². The highest BCUT2D eigenvalue weighted by molar-refractivity contribution is 5.29. The summed E-state index contributed by atoms with van der Waals surface area (Å²) in [6.45, 7) is 2.68. The van der Waals surface area contributed by atoms with Crippen LogP contribution < -0.4 is 10.5 Å². The molecule has 1 aromatic carbocycles. The maximum Gasteiger partial charge on any atom is 0.165 e. The number of rotatable bonds is 5. The van der Waals surface area contributed by atoms with E-state index in [2.05, 4.69) is 6.92 Å². The molecule has 2 aromatic rings. The van der Waals surface area contributed by atoms with Gasteiger partial charge >= 0.3 is 0 Å². The first-order chi connectivity index (χ1) is 9.13. The number of methoxy groups -OCH3 is 1. The maximum atomic E-state index is 13.6. The third-order valence-electron chi connectivity index (χ3n) is 3.22. The Hall–Kier alpha value is -1.81. The summed E-state index contributed by atoms with van der Waals surface area (Å²) in [4.78, 5) is 0. The molecule has 0 saturated carbocycles. The zero-order valence-electron chi connectivity index (χ0n) is 11.3. The SMILES string of the molecule is CCC(N)c1ccn(Cc2ccc(OC)c(F)c2)c1. The van der Waals surface area contributed by atoms with Crippen molar-refractivity contribution in [3.63, 3.8) is 0 Å². The van der Waals surface area contributed by atoms with Gasteiger partial charge in [0.2, 0.25) is 0 Å². The molecule has 2 N–H and O–H groups in total. The number of halogens is 1. The third kappa shape index (κ3) is 3.15. The van der Waals surface area contributed by atoms with E-state index in [4.69, 9.17) is 10.5 Å². The van der Waals surface area contributed by atoms with Crippen molar-refractivity contribution >= 4 is 0 Å². The molecular formula is C15H19FN2O. The Morgan fingerprint density at radius 3 is 2.79 bits per heavy atom. The van der Waals surface area contributed by atoms with Crippen LogP contribution in [0.2, 0.25) is 0 Å². The summed E-state index contributed by atoms with van der Waals surface area (Å²) in [5.74, 6) is -0.0670. The molecule has 0 bridgehead atoms. The molecule has 0 amide bonds. The second-order valence-corrected chi connectivity index (χ2v) is 4.60. The molecule has 3 nitrogen and oxygen atoms in total. The van der Waals surface area contributed by atoms with Gasteiger partial charge in [0.15, 0.2) is 11.6 Å². The van der Waals surface area contributed by atoms with Gasteiger partial charge in [0.05, 0.1) is 7.11 Å². The Bertz CT molecular complexity index is 551. The minimum atomic E-state index is -0.336. The van der Waals surface area contributed by atoms with Crippen molar-refractivity contribution < 1.29 is 9.13 Å². The Labute approximate surface area is 112 Å². The largest absolute Gasteiger partial charge is 0.494 e. The van der Waals surface area contributed by atoms with E-state index >= 15 is 0 Å². The predicted molar refractivity (Wildman–Crippen MR) is 73.7 cm³/mol. The fourth-order valence-electron chi connectivity index (χ4n) is 2.03. The molecule has 102 valence electrons. The summed E-state index contributed by atoms with van der Waals surface area (Å²) in [5, 5.41) is 0. The van der Waals surface area contributed by atoms with Gasteiger partial charge in [-0.15, -0.1) is 0 Å². The van der Waals surface area contributed by atoms with Crippen molar-refractivity contribution in [2.24, 2.45) is 5.73 Å². The first kappa shape index (κ1) is 13.6. The smallest absolute Gasteiger partial charge is 0.165 e. The van der Waals surface area contributed by atoms with Gasteiger partial charge in [0, 0.05) is 25.0 Å². The Morgan fingerprint density at radius 1 is 1.37 bits per heavy atom. The highest BCUT2D eigenvalue weighted by Gasteiger charge is 2.07. The molecule has 1 aromatic heterocycles. The lowest BCUT2D eigenvalue weighted by atomic mass is 10.1. The molecule has 0 aliphatic rings. The number of aromatic nitrogens is 1. The van der Waals surface area contributed by atoms with Crippen LogP contribution in [-0.2, 0) is 6.54 Å². The van der Waals surface area contributed by atoms with Crippen molar-refractivity contribution in [2.75, 3.05) is 7.11 Å². The second-order valence-electron chi connectivity index (χ2n) is 4.60. The fourth-order valence-corrected chi connectivity index (χ4v) is 2.03. The monoisotopic (exact) mass is 262 g/mol. The molecule has 0 spiro atoms. The number of nitrogens with zero attached hydrogens (tertiary/aromatic N) is 1. The van der Waals surface area contributed by atoms with Crippen LogP contribution in [0.25, 0.3) is 0 Å². The van der Waals surface area contributed by atoms with E-state index in [1.807, 2.05) is 29.1 Å². The molecule has 19 heavy (non-hydrogen) atoms. The number of hydrogen-bond acceptors (Lipinski definition) is 2. The van der Waals surface area contributed by atoms with Crippen molar-refractivity contribution in [2.45, 2.75) is 25.9 Å². The van der Waals surface area contributed by atoms with E-state index in [0.717, 1.165) is 17.5 Å². The van der Waals surface area contributed by atoms with Crippen LogP contribution in [-0.4, -0.2) is 11.7 Å². The topological polar surface area (TPSA) is 40.2 Å². The van der Waals surface area contributed by atoms with Crippen molar-refractivity contribution in [3.05, 3.63) is 53.6 Å². The van der Waals surface area contributed by atoms with Gasteiger partial charge in [-0.3, -0.25) is 0 Å². The minimum Gasteiger partial charge on any atom is -0.494 e. The number of hydrogen-bond donors (Lipinski definition) is 1. The van der Waals surface area contributed by atoms with E-state index in [0.29, 0.717) is 6.54 Å². The molecular weight excluding hydrogens is 243 g/mol. The molecule has 1 unspecified atom stereocenters. The van der Waals surface area contributed by atoms with Crippen molar-refractivity contribution in [1.29, 1.82) is 0 Å². The van der Waals surface area contributed by atoms with E-state index in [1.54, 1.807) is 6.07 Å². The lowest BCUT2D eigenvalue weighted by Gasteiger charge is -2.07. The maximum absolute atomic E-state index is 13.6. The molecule has 1 atom stereocenters. The summed E-state index contributed by atoms with van der Waals surface area (Å²) < 4.78 is 20.5. The van der Waals surface area contributed by atoms with Gasteiger partial charge in [-0.2, -0.15) is 0 Å². The molecule has 0 fully saturated rings. The fraction of sp³-hybridized carbons (Fsp3) is 0.333. The van der Waals surface area contributed by atoms with Gasteiger partial charge in [-0.25, -0.2) is 4.39 Å². The molecule has 0 aliphatic heterocycles. The van der Waals surface area contributed by atoms with E-state index < -0.39 is 0 Å². The normalized spacial score (nSPS) is 12.4. The summed E-state index contributed by atoms with van der Waals surface area (Å²) >= 11 is 0. The number of nitrogens with two attached hydrogens (primary N) is 1. The van der Waals surface area contributed by atoms with Crippen LogP contribution in [0.3, 0.4) is 0 Å². The zero-order chi connectivity index (χ0) is 13.8. The van der Waals surface area contributed by atoms with Crippen LogP contribution in [0.5, 0.6) is 5.75 Å². The van der Waals surface area contributed by atoms with Crippen LogP contribution in [0.15, 0.2) is 36.7 Å². The first-order valence-corrected chi connectivity index (χ1v) is 6.37. The van der Waals surface area contributed by atoms with Gasteiger partial charge < -0.3 is 15.0 Å². The quantitative estimate of drug-likeness (QED) is 0.899. The molecule has 1 heterocycles. The van der Waals surface area contributed by atoms with Crippen LogP contribution in [0, 0.1) is 5.82 Å². The van der Waals surface area contributed by atoms with Gasteiger partial charge in [0.25, 0.3) is 0 Å². The summed E-state index contributed by atoms with van der Waals surface area (Å²) in [7, 11) is 1.46. The molecule has 2 rings (SSSR count). The Balaban J connectivity index is 2.12. The van der Waals surface area contributed by atoms with Gasteiger partial charge in [-0.05, 0) is 35.7 Å². The van der Waals surface area contributed by atoms with Crippen LogP contribution in [0.1, 0.15) is 30.5 Å². The molecule has 0 aliphatic carbocycles. The van der Waals surface area contributed by atoms with E-state index in [9.17, 15) is 4.39 Å². The minimum absolute atomic E-state index is 0.0638. The van der Waals surface area contributed by atoms with Crippen molar-refractivity contribution in [1.82, 2.24) is 4.57 Å². The molecule has 4 heteroatoms. The highest BCUT2D eigenvalue weighted by Crippen LogP contribution is 2.19. The average Bonchev–Trinajstić information content (AvgIpc) is 2.86. The standard InChI is InChI=1S/C15H19FN2O/c1-3-14(17)12-6-7-18(10-12)9-11-4-5-15(19-2)13(16)8-11/h4-8,10,14H,3,9,17H2,1-2H3. The number of benzene rings is 1. The first-order valence-electron chi connectivity index (χ1n) is 6.37.